The van der Waals surface area contributed by atoms with Gasteiger partial charge in [-0.3, -0.25) is 4.90 Å². The van der Waals surface area contributed by atoms with E-state index in [2.05, 4.69) is 85.1 Å². The standard InChI is InChI=1S/C29H55N5S/c1-8-15-34-21-25(6)24(5)14-16-33(18-17-32(9-2)20-23(3)4)22-28(34)19-26-10-12-27(13-11-26)31-29(35)30-7/h10-12,23-25,27-28H,8-9,13-22H2,1-7H3,(H2,30,31,35). The lowest BCUT2D eigenvalue weighted by atomic mass is 9.91. The van der Waals surface area contributed by atoms with Gasteiger partial charge >= 0.3 is 0 Å². The molecule has 2 rings (SSSR count). The lowest BCUT2D eigenvalue weighted by Crippen LogP contribution is -2.47. The number of allylic oxidation sites excluding steroid dienone is 1. The van der Waals surface area contributed by atoms with Gasteiger partial charge in [0.05, 0.1) is 6.04 Å². The van der Waals surface area contributed by atoms with E-state index in [1.54, 1.807) is 0 Å². The first-order valence-corrected chi connectivity index (χ1v) is 14.7. The third kappa shape index (κ3) is 10.9. The van der Waals surface area contributed by atoms with Crippen molar-refractivity contribution in [1.29, 1.82) is 0 Å². The molecule has 1 heterocycles. The summed E-state index contributed by atoms with van der Waals surface area (Å²) in [6.45, 7) is 23.8. The van der Waals surface area contributed by atoms with Gasteiger partial charge < -0.3 is 20.4 Å². The van der Waals surface area contributed by atoms with Crippen LogP contribution < -0.4 is 10.6 Å². The molecule has 0 aromatic carbocycles. The summed E-state index contributed by atoms with van der Waals surface area (Å²) >= 11 is 5.30. The van der Waals surface area contributed by atoms with E-state index in [9.17, 15) is 0 Å². The monoisotopic (exact) mass is 505 g/mol. The Morgan fingerprint density at radius 2 is 1.94 bits per heavy atom. The maximum Gasteiger partial charge on any atom is 0.166 e. The second kappa shape index (κ2) is 16.0. The van der Waals surface area contributed by atoms with E-state index in [0.29, 0.717) is 12.1 Å². The molecule has 35 heavy (non-hydrogen) atoms. The topological polar surface area (TPSA) is 33.8 Å². The minimum absolute atomic E-state index is 0.296. The highest BCUT2D eigenvalue weighted by molar-refractivity contribution is 7.80. The van der Waals surface area contributed by atoms with Crippen LogP contribution in [0.2, 0.25) is 0 Å². The van der Waals surface area contributed by atoms with Gasteiger partial charge in [-0.15, -0.1) is 0 Å². The van der Waals surface area contributed by atoms with Crippen molar-refractivity contribution in [1.82, 2.24) is 25.3 Å². The number of hydrogen-bond donors (Lipinski definition) is 2. The van der Waals surface area contributed by atoms with E-state index >= 15 is 0 Å². The van der Waals surface area contributed by atoms with Crippen LogP contribution in [0.1, 0.15) is 67.2 Å². The highest BCUT2D eigenvalue weighted by Gasteiger charge is 2.28. The summed E-state index contributed by atoms with van der Waals surface area (Å²) in [6.07, 6.45) is 11.8. The molecule has 2 aliphatic rings. The molecule has 6 heteroatoms. The van der Waals surface area contributed by atoms with Gasteiger partial charge in [-0.1, -0.05) is 65.3 Å². The number of hydrogen-bond acceptors (Lipinski definition) is 4. The van der Waals surface area contributed by atoms with Gasteiger partial charge in [0.25, 0.3) is 0 Å². The van der Waals surface area contributed by atoms with E-state index in [0.717, 1.165) is 42.3 Å². The molecule has 5 nitrogen and oxygen atoms in total. The van der Waals surface area contributed by atoms with Crippen LogP contribution in [0.15, 0.2) is 23.8 Å². The fourth-order valence-corrected chi connectivity index (χ4v) is 5.60. The Balaban J connectivity index is 2.13. The van der Waals surface area contributed by atoms with Gasteiger partial charge in [0.2, 0.25) is 0 Å². The Hall–Kier alpha value is -0.950. The summed E-state index contributed by atoms with van der Waals surface area (Å²) in [6, 6.07) is 0.867. The fraction of sp³-hybridized carbons (Fsp3) is 0.828. The van der Waals surface area contributed by atoms with Crippen molar-refractivity contribution < 1.29 is 0 Å². The Morgan fingerprint density at radius 1 is 1.17 bits per heavy atom. The summed E-state index contributed by atoms with van der Waals surface area (Å²) in [4.78, 5) is 8.24. The molecule has 1 saturated heterocycles. The number of rotatable bonds is 11. The second-order valence-corrected chi connectivity index (χ2v) is 11.8. The van der Waals surface area contributed by atoms with Crippen molar-refractivity contribution in [2.45, 2.75) is 79.3 Å². The molecular formula is C29H55N5S. The van der Waals surface area contributed by atoms with Gasteiger partial charge in [0, 0.05) is 45.8 Å². The van der Waals surface area contributed by atoms with Crippen LogP contribution >= 0.6 is 12.2 Å². The van der Waals surface area contributed by atoms with Crippen molar-refractivity contribution >= 4 is 17.3 Å². The lowest BCUT2D eigenvalue weighted by Gasteiger charge is -2.37. The molecule has 0 spiro atoms. The third-order valence-electron chi connectivity index (χ3n) is 7.89. The molecule has 2 N–H and O–H groups in total. The Bertz CT molecular complexity index is 676. The van der Waals surface area contributed by atoms with E-state index in [1.807, 2.05) is 7.05 Å². The SMILES string of the molecule is CCCN1CC(C)C(C)CCN(CCN(CC)CC(C)C)CC1CC1=CCC(NC(=S)NC)C=C1. The minimum atomic E-state index is 0.296. The normalized spacial score (nSPS) is 26.8. The summed E-state index contributed by atoms with van der Waals surface area (Å²) in [7, 11) is 1.87. The molecule has 0 radical (unpaired) electrons. The van der Waals surface area contributed by atoms with Crippen LogP contribution in [0, 0.1) is 17.8 Å². The van der Waals surface area contributed by atoms with Crippen LogP contribution in [0.5, 0.6) is 0 Å². The summed E-state index contributed by atoms with van der Waals surface area (Å²) in [5, 5.41) is 7.12. The fourth-order valence-electron chi connectivity index (χ4n) is 5.45. The van der Waals surface area contributed by atoms with Gasteiger partial charge in [0.1, 0.15) is 0 Å². The zero-order valence-corrected chi connectivity index (χ0v) is 24.7. The van der Waals surface area contributed by atoms with Crippen molar-refractivity contribution in [2.24, 2.45) is 17.8 Å². The average Bonchev–Trinajstić information content (AvgIpc) is 2.88. The molecule has 0 amide bonds. The number of nitrogens with zero attached hydrogens (tertiary/aromatic N) is 3. The Morgan fingerprint density at radius 3 is 2.54 bits per heavy atom. The molecule has 0 aromatic heterocycles. The smallest absolute Gasteiger partial charge is 0.166 e. The lowest BCUT2D eigenvalue weighted by molar-refractivity contribution is 0.123. The molecule has 202 valence electrons. The van der Waals surface area contributed by atoms with Crippen molar-refractivity contribution in [2.75, 3.05) is 59.4 Å². The molecule has 1 aliphatic carbocycles. The van der Waals surface area contributed by atoms with E-state index < -0.39 is 0 Å². The van der Waals surface area contributed by atoms with Crippen molar-refractivity contribution in [3.8, 4) is 0 Å². The van der Waals surface area contributed by atoms with Crippen molar-refractivity contribution in [3.05, 3.63) is 23.8 Å². The molecule has 4 atom stereocenters. The maximum absolute atomic E-state index is 5.30. The molecular weight excluding hydrogens is 450 g/mol. The first-order chi connectivity index (χ1) is 16.7. The van der Waals surface area contributed by atoms with Crippen molar-refractivity contribution in [3.63, 3.8) is 0 Å². The first kappa shape index (κ1) is 30.3. The maximum atomic E-state index is 5.30. The molecule has 1 aliphatic heterocycles. The van der Waals surface area contributed by atoms with Crippen LogP contribution in [0.25, 0.3) is 0 Å². The zero-order valence-electron chi connectivity index (χ0n) is 23.9. The molecule has 0 bridgehead atoms. The quantitative estimate of drug-likeness (QED) is 0.394. The highest BCUT2D eigenvalue weighted by atomic mass is 32.1. The number of nitrogens with one attached hydrogen (secondary N) is 2. The predicted molar refractivity (Wildman–Crippen MR) is 157 cm³/mol. The largest absolute Gasteiger partial charge is 0.366 e. The molecule has 0 aromatic rings. The van der Waals surface area contributed by atoms with Crippen LogP contribution in [0.4, 0.5) is 0 Å². The Labute approximate surface area is 222 Å². The van der Waals surface area contributed by atoms with E-state index in [4.69, 9.17) is 12.2 Å². The predicted octanol–water partition coefficient (Wildman–Crippen LogP) is 4.76. The highest BCUT2D eigenvalue weighted by Crippen LogP contribution is 2.25. The Kier molecular flexibility index (Phi) is 13.8. The molecule has 1 fully saturated rings. The molecule has 4 unspecified atom stereocenters. The van der Waals surface area contributed by atoms with Gasteiger partial charge in [-0.25, -0.2) is 0 Å². The summed E-state index contributed by atoms with van der Waals surface area (Å²) < 4.78 is 0. The van der Waals surface area contributed by atoms with Crippen LogP contribution in [-0.2, 0) is 0 Å². The summed E-state index contributed by atoms with van der Waals surface area (Å²) in [5.74, 6) is 2.24. The van der Waals surface area contributed by atoms with Gasteiger partial charge in [-0.05, 0) is 75.3 Å². The van der Waals surface area contributed by atoms with E-state index in [1.165, 1.54) is 64.2 Å². The second-order valence-electron chi connectivity index (χ2n) is 11.4. The van der Waals surface area contributed by atoms with E-state index in [-0.39, 0.29) is 0 Å². The number of likely N-dealkylation sites (N-methyl/N-ethyl adjacent to an activating group) is 1. The third-order valence-corrected chi connectivity index (χ3v) is 8.21. The van der Waals surface area contributed by atoms with Crippen LogP contribution in [-0.4, -0.2) is 91.3 Å². The average molecular weight is 506 g/mol. The first-order valence-electron chi connectivity index (χ1n) is 14.3. The molecule has 0 saturated carbocycles. The van der Waals surface area contributed by atoms with Crippen LogP contribution in [0.3, 0.4) is 0 Å². The van der Waals surface area contributed by atoms with Gasteiger partial charge in [-0.2, -0.15) is 0 Å². The zero-order chi connectivity index (χ0) is 25.8. The number of thiocarbonyl (C=S) groups is 1. The minimum Gasteiger partial charge on any atom is -0.366 e. The summed E-state index contributed by atoms with van der Waals surface area (Å²) in [5.41, 5.74) is 1.49. The van der Waals surface area contributed by atoms with Gasteiger partial charge in [0.15, 0.2) is 5.11 Å².